The summed E-state index contributed by atoms with van der Waals surface area (Å²) in [6, 6.07) is 9.09. The first-order valence-electron chi connectivity index (χ1n) is 6.20. The van der Waals surface area contributed by atoms with Crippen LogP contribution in [0.2, 0.25) is 0 Å². The minimum Gasteiger partial charge on any atom is -0.462 e. The van der Waals surface area contributed by atoms with Crippen molar-refractivity contribution in [2.24, 2.45) is 0 Å². The van der Waals surface area contributed by atoms with E-state index in [0.717, 1.165) is 16.4 Å². The monoisotopic (exact) mass is 265 g/mol. The minimum atomic E-state index is -0.358. The molecule has 0 N–H and O–H groups in total. The van der Waals surface area contributed by atoms with Crippen LogP contribution in [0.5, 0.6) is 0 Å². The largest absolute Gasteiger partial charge is 0.462 e. The van der Waals surface area contributed by atoms with E-state index in [4.69, 9.17) is 10.00 Å². The maximum Gasteiger partial charge on any atom is 0.338 e. The van der Waals surface area contributed by atoms with E-state index in [-0.39, 0.29) is 5.97 Å². The molecule has 0 aliphatic rings. The van der Waals surface area contributed by atoms with Crippen LogP contribution in [0.25, 0.3) is 16.4 Å². The van der Waals surface area contributed by atoms with Crippen LogP contribution in [-0.2, 0) is 4.74 Å². The highest BCUT2D eigenvalue weighted by Crippen LogP contribution is 2.22. The molecule has 2 aromatic heterocycles. The molecule has 0 aliphatic carbocycles. The number of carbonyl (C=O) groups is 1. The summed E-state index contributed by atoms with van der Waals surface area (Å²) in [6.45, 7) is 2.11. The van der Waals surface area contributed by atoms with Gasteiger partial charge in [0.1, 0.15) is 6.07 Å². The Morgan fingerprint density at radius 2 is 2.30 bits per heavy atom. The van der Waals surface area contributed by atoms with E-state index >= 15 is 0 Å². The van der Waals surface area contributed by atoms with Crippen LogP contribution in [0, 0.1) is 11.3 Å². The molecule has 5 heteroatoms. The van der Waals surface area contributed by atoms with Crippen LogP contribution < -0.4 is 0 Å². The fourth-order valence-corrected chi connectivity index (χ4v) is 2.17. The van der Waals surface area contributed by atoms with Gasteiger partial charge in [-0.05, 0) is 31.2 Å². The van der Waals surface area contributed by atoms with Crippen molar-refractivity contribution >= 4 is 22.4 Å². The average Bonchev–Trinajstić information content (AvgIpc) is 2.90. The zero-order valence-electron chi connectivity index (χ0n) is 10.8. The molecule has 0 saturated heterocycles. The van der Waals surface area contributed by atoms with E-state index in [1.807, 2.05) is 0 Å². The molecular formula is C15H11N3O2. The molecule has 0 fully saturated rings. The molecule has 3 rings (SSSR count). The first-order valence-corrected chi connectivity index (χ1v) is 6.20. The molecular weight excluding hydrogens is 254 g/mol. The second-order valence-electron chi connectivity index (χ2n) is 4.33. The highest BCUT2D eigenvalue weighted by atomic mass is 16.5. The Balaban J connectivity index is 2.25. The molecule has 0 saturated carbocycles. The minimum absolute atomic E-state index is 0.336. The molecule has 0 spiro atoms. The van der Waals surface area contributed by atoms with E-state index in [0.29, 0.717) is 17.7 Å². The molecule has 98 valence electrons. The van der Waals surface area contributed by atoms with Crippen molar-refractivity contribution in [3.05, 3.63) is 47.9 Å². The average molecular weight is 265 g/mol. The van der Waals surface area contributed by atoms with Crippen molar-refractivity contribution in [3.8, 4) is 6.07 Å². The Hall–Kier alpha value is -2.87. The van der Waals surface area contributed by atoms with Gasteiger partial charge >= 0.3 is 5.97 Å². The number of fused-ring (bicyclic) bond motifs is 3. The topological polar surface area (TPSA) is 67.4 Å². The third-order valence-corrected chi connectivity index (χ3v) is 3.08. The van der Waals surface area contributed by atoms with Gasteiger partial charge in [-0.1, -0.05) is 0 Å². The molecule has 2 heterocycles. The molecule has 0 bridgehead atoms. The maximum absolute atomic E-state index is 11.8. The SMILES string of the molecule is CCOC(=O)c1ccc2ncn3cc(C#N)cc3c2c1. The van der Waals surface area contributed by atoms with Gasteiger partial charge in [0.05, 0.1) is 35.1 Å². The Bertz CT molecular complexity index is 859. The van der Waals surface area contributed by atoms with E-state index < -0.39 is 0 Å². The van der Waals surface area contributed by atoms with Crippen LogP contribution in [0.15, 0.2) is 36.8 Å². The first-order chi connectivity index (χ1) is 9.72. The van der Waals surface area contributed by atoms with Crippen molar-refractivity contribution in [2.45, 2.75) is 6.92 Å². The summed E-state index contributed by atoms with van der Waals surface area (Å²) in [4.78, 5) is 16.1. The number of aromatic nitrogens is 2. The number of carbonyl (C=O) groups excluding carboxylic acids is 1. The summed E-state index contributed by atoms with van der Waals surface area (Å²) in [5.41, 5.74) is 2.65. The van der Waals surface area contributed by atoms with Gasteiger partial charge in [0, 0.05) is 11.6 Å². The van der Waals surface area contributed by atoms with Crippen molar-refractivity contribution in [3.63, 3.8) is 0 Å². The molecule has 0 unspecified atom stereocenters. The third kappa shape index (κ3) is 1.88. The Kier molecular flexibility index (Phi) is 2.84. The smallest absolute Gasteiger partial charge is 0.338 e. The molecule has 0 radical (unpaired) electrons. The number of benzene rings is 1. The second kappa shape index (κ2) is 4.67. The van der Waals surface area contributed by atoms with E-state index in [2.05, 4.69) is 11.1 Å². The molecule has 5 nitrogen and oxygen atoms in total. The number of ether oxygens (including phenoxy) is 1. The van der Waals surface area contributed by atoms with Gasteiger partial charge in [0.2, 0.25) is 0 Å². The van der Waals surface area contributed by atoms with E-state index in [1.54, 1.807) is 48.1 Å². The van der Waals surface area contributed by atoms with E-state index in [1.165, 1.54) is 0 Å². The number of esters is 1. The van der Waals surface area contributed by atoms with Crippen molar-refractivity contribution < 1.29 is 9.53 Å². The highest BCUT2D eigenvalue weighted by Gasteiger charge is 2.10. The molecule has 0 amide bonds. The molecule has 3 aromatic rings. The van der Waals surface area contributed by atoms with Gasteiger partial charge in [-0.15, -0.1) is 0 Å². The number of nitrogens with zero attached hydrogens (tertiary/aromatic N) is 3. The zero-order chi connectivity index (χ0) is 14.1. The summed E-state index contributed by atoms with van der Waals surface area (Å²) in [5, 5.41) is 9.78. The molecule has 0 aliphatic heterocycles. The van der Waals surface area contributed by atoms with Crippen molar-refractivity contribution in [2.75, 3.05) is 6.61 Å². The summed E-state index contributed by atoms with van der Waals surface area (Å²) in [6.07, 6.45) is 3.36. The van der Waals surface area contributed by atoms with Crippen LogP contribution in [-0.4, -0.2) is 22.0 Å². The van der Waals surface area contributed by atoms with Gasteiger partial charge in [0.15, 0.2) is 0 Å². The summed E-state index contributed by atoms with van der Waals surface area (Å²) in [5.74, 6) is -0.358. The standard InChI is InChI=1S/C15H11N3O2/c1-2-20-15(19)11-3-4-13-12(6-11)14-5-10(7-16)8-18(14)9-17-13/h3-6,8-9H,2H2,1H3. The number of hydrogen-bond donors (Lipinski definition) is 0. The Morgan fingerprint density at radius 1 is 1.45 bits per heavy atom. The van der Waals surface area contributed by atoms with Crippen LogP contribution >= 0.6 is 0 Å². The normalized spacial score (nSPS) is 10.6. The zero-order valence-corrected chi connectivity index (χ0v) is 10.8. The quantitative estimate of drug-likeness (QED) is 0.668. The predicted octanol–water partition coefficient (Wildman–Crippen LogP) is 2.54. The summed E-state index contributed by atoms with van der Waals surface area (Å²) < 4.78 is 6.77. The van der Waals surface area contributed by atoms with Gasteiger partial charge < -0.3 is 9.14 Å². The van der Waals surface area contributed by atoms with Crippen LogP contribution in [0.3, 0.4) is 0 Å². The lowest BCUT2D eigenvalue weighted by Gasteiger charge is -2.04. The van der Waals surface area contributed by atoms with Crippen LogP contribution in [0.1, 0.15) is 22.8 Å². The van der Waals surface area contributed by atoms with Crippen LogP contribution in [0.4, 0.5) is 0 Å². The maximum atomic E-state index is 11.8. The third-order valence-electron chi connectivity index (χ3n) is 3.08. The van der Waals surface area contributed by atoms with Crippen molar-refractivity contribution in [1.82, 2.24) is 9.38 Å². The number of nitriles is 1. The van der Waals surface area contributed by atoms with Gasteiger partial charge in [-0.2, -0.15) is 5.26 Å². The highest BCUT2D eigenvalue weighted by molar-refractivity contribution is 6.00. The lowest BCUT2D eigenvalue weighted by molar-refractivity contribution is 0.0526. The molecule has 0 atom stereocenters. The number of hydrogen-bond acceptors (Lipinski definition) is 4. The van der Waals surface area contributed by atoms with Crippen molar-refractivity contribution in [1.29, 1.82) is 5.26 Å². The Labute approximate surface area is 115 Å². The molecule has 20 heavy (non-hydrogen) atoms. The summed E-state index contributed by atoms with van der Waals surface area (Å²) in [7, 11) is 0. The fraction of sp³-hybridized carbons (Fsp3) is 0.133. The first kappa shape index (κ1) is 12.2. The lowest BCUT2D eigenvalue weighted by Crippen LogP contribution is -2.04. The van der Waals surface area contributed by atoms with Gasteiger partial charge in [0.25, 0.3) is 0 Å². The van der Waals surface area contributed by atoms with Gasteiger partial charge in [-0.25, -0.2) is 9.78 Å². The van der Waals surface area contributed by atoms with Gasteiger partial charge in [-0.3, -0.25) is 0 Å². The Morgan fingerprint density at radius 3 is 3.05 bits per heavy atom. The van der Waals surface area contributed by atoms with E-state index in [9.17, 15) is 4.79 Å². The lowest BCUT2D eigenvalue weighted by atomic mass is 10.1. The fourth-order valence-electron chi connectivity index (χ4n) is 2.17. The summed E-state index contributed by atoms with van der Waals surface area (Å²) >= 11 is 0. The second-order valence-corrected chi connectivity index (χ2v) is 4.33. The molecule has 1 aromatic carbocycles. The predicted molar refractivity (Wildman–Crippen MR) is 73.4 cm³/mol. The number of rotatable bonds is 2.